The van der Waals surface area contributed by atoms with Crippen LogP contribution in [0.5, 0.6) is 0 Å². The molecule has 0 aromatic heterocycles. The molecule has 0 atom stereocenters. The van der Waals surface area contributed by atoms with Crippen LogP contribution in [-0.4, -0.2) is 55.8 Å². The van der Waals surface area contributed by atoms with E-state index < -0.39 is 0 Å². The summed E-state index contributed by atoms with van der Waals surface area (Å²) >= 11 is 0. The number of carbonyl (C=O) groups excluding carboxylic acids is 1. The molecule has 1 amide bonds. The van der Waals surface area contributed by atoms with Crippen molar-refractivity contribution in [1.29, 1.82) is 0 Å². The first kappa shape index (κ1) is 28.4. The maximum Gasteiger partial charge on any atom is 0.219 e. The molecule has 0 aliphatic rings. The van der Waals surface area contributed by atoms with Crippen LogP contribution >= 0.6 is 0 Å². The van der Waals surface area contributed by atoms with Crippen molar-refractivity contribution >= 4 is 5.91 Å². The van der Waals surface area contributed by atoms with Crippen LogP contribution in [0.25, 0.3) is 0 Å². The number of hydrogen-bond donors (Lipinski definition) is 2. The molecule has 4 nitrogen and oxygen atoms in total. The number of hydrogen-bond acceptors (Lipinski definition) is 2. The van der Waals surface area contributed by atoms with Crippen molar-refractivity contribution < 1.29 is 15.8 Å². The highest BCUT2D eigenvalue weighted by Crippen LogP contribution is 2.13. The zero-order chi connectivity index (χ0) is 21.6. The van der Waals surface area contributed by atoms with Crippen molar-refractivity contribution in [3.8, 4) is 0 Å². The molecule has 176 valence electrons. The molecule has 0 radical (unpaired) electrons. The second-order valence-electron chi connectivity index (χ2n) is 9.51. The summed E-state index contributed by atoms with van der Waals surface area (Å²) in [6.07, 6.45) is 22.0. The fourth-order valence-corrected chi connectivity index (χ4v) is 3.86. The van der Waals surface area contributed by atoms with Gasteiger partial charge in [-0.2, -0.15) is 0 Å². The molecule has 0 unspecified atom stereocenters. The number of amides is 1. The van der Waals surface area contributed by atoms with E-state index in [2.05, 4.69) is 26.3 Å². The Morgan fingerprint density at radius 2 is 1.17 bits per heavy atom. The quantitative estimate of drug-likeness (QED) is 0.166. The minimum atomic E-state index is 0. The average molecular weight is 416 g/mol. The van der Waals surface area contributed by atoms with E-state index in [0.29, 0.717) is 6.42 Å². The maximum absolute atomic E-state index is 11.9. The molecule has 0 saturated heterocycles. The third-order valence-electron chi connectivity index (χ3n) is 5.98. The van der Waals surface area contributed by atoms with Crippen LogP contribution in [0.3, 0.4) is 0 Å². The molecule has 0 spiro atoms. The lowest BCUT2D eigenvalue weighted by molar-refractivity contribution is -0.890. The van der Waals surface area contributed by atoms with Crippen molar-refractivity contribution in [3.63, 3.8) is 0 Å². The van der Waals surface area contributed by atoms with Gasteiger partial charge in [-0.1, -0.05) is 96.8 Å². The summed E-state index contributed by atoms with van der Waals surface area (Å²) in [7, 11) is 4.24. The Kier molecular flexibility index (Phi) is 20.2. The number of aliphatic hydroxyl groups is 1. The van der Waals surface area contributed by atoms with E-state index in [1.54, 1.807) is 0 Å². The number of aliphatic hydroxyl groups excluding tert-OH is 1. The molecule has 29 heavy (non-hydrogen) atoms. The van der Waals surface area contributed by atoms with Gasteiger partial charge in [-0.05, 0) is 6.42 Å². The predicted molar refractivity (Wildman–Crippen MR) is 128 cm³/mol. The first-order valence-corrected chi connectivity index (χ1v) is 12.7. The monoisotopic (exact) mass is 415 g/mol. The molecule has 0 rings (SSSR count). The second kappa shape index (κ2) is 20.7. The van der Waals surface area contributed by atoms with Gasteiger partial charge in [0.25, 0.3) is 0 Å². The van der Waals surface area contributed by atoms with E-state index in [-0.39, 0.29) is 13.9 Å². The van der Waals surface area contributed by atoms with E-state index in [4.69, 9.17) is 5.11 Å². The molecule has 0 aliphatic heterocycles. The lowest BCUT2D eigenvalue weighted by Crippen LogP contribution is -2.43. The number of nitrogens with one attached hydrogen (secondary N) is 1. The smallest absolute Gasteiger partial charge is 0.219 e. The lowest BCUT2D eigenvalue weighted by Gasteiger charge is -2.28. The zero-order valence-electron chi connectivity index (χ0n) is 20.2. The van der Waals surface area contributed by atoms with Gasteiger partial charge in [-0.25, -0.2) is 0 Å². The molecule has 0 aromatic rings. The average Bonchev–Trinajstić information content (AvgIpc) is 2.68. The van der Waals surface area contributed by atoms with Gasteiger partial charge in [-0.15, -0.1) is 0 Å². The van der Waals surface area contributed by atoms with Gasteiger partial charge in [-0.3, -0.25) is 4.79 Å². The SMILES string of the molecule is CCCCCCCCCCCCCCCCCC(=O)NCCC[N+](C)(C)CCO.[HH]. The number of rotatable bonds is 22. The van der Waals surface area contributed by atoms with E-state index in [1.807, 2.05) is 0 Å². The lowest BCUT2D eigenvalue weighted by atomic mass is 10.0. The summed E-state index contributed by atoms with van der Waals surface area (Å²) in [5.41, 5.74) is 0. The van der Waals surface area contributed by atoms with Gasteiger partial charge < -0.3 is 14.9 Å². The third-order valence-corrected chi connectivity index (χ3v) is 5.98. The fourth-order valence-electron chi connectivity index (χ4n) is 3.86. The summed E-state index contributed by atoms with van der Waals surface area (Å²) in [4.78, 5) is 11.9. The molecule has 2 N–H and O–H groups in total. The Bertz CT molecular complexity index is 365. The molecule has 0 saturated carbocycles. The molecular formula is C25H55N2O2+. The second-order valence-corrected chi connectivity index (χ2v) is 9.51. The first-order chi connectivity index (χ1) is 14.0. The van der Waals surface area contributed by atoms with Crippen LogP contribution in [0.4, 0.5) is 0 Å². The van der Waals surface area contributed by atoms with Gasteiger partial charge in [0.1, 0.15) is 6.54 Å². The molecule has 4 heteroatoms. The van der Waals surface area contributed by atoms with Crippen LogP contribution in [0.15, 0.2) is 0 Å². The largest absolute Gasteiger partial charge is 0.391 e. The molecule has 0 aromatic carbocycles. The number of carbonyl (C=O) groups is 1. The Morgan fingerprint density at radius 3 is 1.62 bits per heavy atom. The minimum absolute atomic E-state index is 0. The van der Waals surface area contributed by atoms with Crippen LogP contribution in [-0.2, 0) is 4.79 Å². The summed E-state index contributed by atoms with van der Waals surface area (Å²) in [5, 5.41) is 12.1. The van der Waals surface area contributed by atoms with Crippen molar-refractivity contribution in [1.82, 2.24) is 5.32 Å². The third kappa shape index (κ3) is 21.9. The van der Waals surface area contributed by atoms with Gasteiger partial charge in [0.15, 0.2) is 0 Å². The molecule has 0 bridgehead atoms. The number of nitrogens with zero attached hydrogens (tertiary/aromatic N) is 1. The molecule has 0 heterocycles. The van der Waals surface area contributed by atoms with E-state index in [0.717, 1.165) is 37.0 Å². The van der Waals surface area contributed by atoms with E-state index in [9.17, 15) is 4.79 Å². The fraction of sp³-hybridized carbons (Fsp3) is 0.960. The normalized spacial score (nSPS) is 11.7. The van der Waals surface area contributed by atoms with Gasteiger partial charge in [0.05, 0.1) is 27.2 Å². The molecule has 0 fully saturated rings. The predicted octanol–water partition coefficient (Wildman–Crippen LogP) is 6.07. The standard InChI is InChI=1S/C25H52N2O2.H2/c1-4-5-6-7-8-9-10-11-12-13-14-15-16-17-18-20-25(29)26-21-19-22-27(2,3)23-24-28;/h28H,4-24H2,1-3H3;1H/p+1. The topological polar surface area (TPSA) is 49.3 Å². The maximum atomic E-state index is 11.9. The number of likely N-dealkylation sites (N-methyl/N-ethyl adjacent to an activating group) is 1. The summed E-state index contributed by atoms with van der Waals surface area (Å²) < 4.78 is 0.811. The first-order valence-electron chi connectivity index (χ1n) is 12.7. The number of unbranched alkanes of at least 4 members (excludes halogenated alkanes) is 14. The molecule has 0 aliphatic carbocycles. The van der Waals surface area contributed by atoms with Gasteiger partial charge >= 0.3 is 0 Å². The number of quaternary nitrogens is 1. The van der Waals surface area contributed by atoms with Gasteiger partial charge in [0.2, 0.25) is 5.91 Å². The summed E-state index contributed by atoms with van der Waals surface area (Å²) in [5.74, 6) is 0.201. The van der Waals surface area contributed by atoms with Crippen molar-refractivity contribution in [2.45, 2.75) is 116 Å². The Labute approximate surface area is 183 Å². The Morgan fingerprint density at radius 1 is 0.724 bits per heavy atom. The zero-order valence-corrected chi connectivity index (χ0v) is 20.2. The highest BCUT2D eigenvalue weighted by atomic mass is 16.3. The Hall–Kier alpha value is -0.610. The van der Waals surface area contributed by atoms with E-state index in [1.165, 1.54) is 89.9 Å². The van der Waals surface area contributed by atoms with Crippen LogP contribution in [0.1, 0.15) is 118 Å². The van der Waals surface area contributed by atoms with Crippen LogP contribution in [0, 0.1) is 0 Å². The van der Waals surface area contributed by atoms with Crippen molar-refractivity contribution in [3.05, 3.63) is 0 Å². The highest BCUT2D eigenvalue weighted by Gasteiger charge is 2.13. The van der Waals surface area contributed by atoms with Gasteiger partial charge in [0, 0.05) is 20.8 Å². The minimum Gasteiger partial charge on any atom is -0.391 e. The summed E-state index contributed by atoms with van der Waals surface area (Å²) in [6.45, 7) is 5.01. The van der Waals surface area contributed by atoms with E-state index >= 15 is 0 Å². The highest BCUT2D eigenvalue weighted by molar-refractivity contribution is 5.75. The van der Waals surface area contributed by atoms with Crippen molar-refractivity contribution in [2.24, 2.45) is 0 Å². The molecular weight excluding hydrogens is 360 g/mol. The van der Waals surface area contributed by atoms with Crippen molar-refractivity contribution in [2.75, 3.05) is 40.3 Å². The Balaban J connectivity index is 0. The summed E-state index contributed by atoms with van der Waals surface area (Å²) in [6, 6.07) is 0. The van der Waals surface area contributed by atoms with Crippen LogP contribution < -0.4 is 5.32 Å². The van der Waals surface area contributed by atoms with Crippen LogP contribution in [0.2, 0.25) is 0 Å².